The van der Waals surface area contributed by atoms with E-state index in [9.17, 15) is 51.9 Å². The zero-order valence-corrected chi connectivity index (χ0v) is 45.8. The number of unbranched alkanes of at least 4 members (excludes halogenated alkanes) is 3. The first-order valence-corrected chi connectivity index (χ1v) is 28.5. The maximum atomic E-state index is 14.9. The van der Waals surface area contributed by atoms with Gasteiger partial charge in [0, 0.05) is 85.0 Å². The average molecular weight is 1120 g/mol. The summed E-state index contributed by atoms with van der Waals surface area (Å²) in [7, 11) is 0. The molecule has 5 aromatic rings. The van der Waals surface area contributed by atoms with Gasteiger partial charge in [-0.15, -0.1) is 11.3 Å². The molecule has 0 spiro atoms. The second kappa shape index (κ2) is 25.6. The van der Waals surface area contributed by atoms with Crippen LogP contribution in [-0.2, 0) is 46.0 Å². The van der Waals surface area contributed by atoms with Crippen LogP contribution in [0.1, 0.15) is 157 Å². The van der Waals surface area contributed by atoms with Crippen molar-refractivity contribution in [3.63, 3.8) is 0 Å². The van der Waals surface area contributed by atoms with Crippen molar-refractivity contribution >= 4 is 74.5 Å². The number of imide groups is 1. The molecule has 4 aliphatic rings. The molecule has 0 saturated carbocycles. The first kappa shape index (κ1) is 57.6. The van der Waals surface area contributed by atoms with Crippen LogP contribution in [0.25, 0.3) is 10.1 Å². The minimum Gasteiger partial charge on any atom is -0.370 e. The average Bonchev–Trinajstić information content (AvgIpc) is 4.40. The second-order valence-electron chi connectivity index (χ2n) is 21.6. The van der Waals surface area contributed by atoms with Crippen molar-refractivity contribution in [2.75, 3.05) is 0 Å². The number of carbonyl (C=O) groups excluding carboxylic acids is 9. The van der Waals surface area contributed by atoms with Gasteiger partial charge in [-0.1, -0.05) is 91.1 Å². The zero-order chi connectivity index (χ0) is 57.4. The highest BCUT2D eigenvalue weighted by Gasteiger charge is 2.47. The Hall–Kier alpha value is -8.11. The molecule has 0 aliphatic carbocycles. The van der Waals surface area contributed by atoms with E-state index < -0.39 is 71.7 Å². The van der Waals surface area contributed by atoms with Crippen LogP contribution in [-0.4, -0.2) is 99.1 Å². The van der Waals surface area contributed by atoms with Crippen LogP contribution in [0.2, 0.25) is 0 Å². The molecule has 81 heavy (non-hydrogen) atoms. The number of nitrogens with zero attached hydrogens (tertiary/aromatic N) is 2. The zero-order valence-electron chi connectivity index (χ0n) is 45.0. The van der Waals surface area contributed by atoms with Crippen LogP contribution in [0.5, 0.6) is 0 Å². The molecule has 9 rings (SSSR count). The summed E-state index contributed by atoms with van der Waals surface area (Å²) in [4.78, 5) is 124. The quantitative estimate of drug-likeness (QED) is 0.0296. The van der Waals surface area contributed by atoms with Gasteiger partial charge in [0.25, 0.3) is 17.7 Å². The number of benzene rings is 4. The van der Waals surface area contributed by atoms with Crippen LogP contribution in [0.4, 0.5) is 8.78 Å². The second-order valence-corrected chi connectivity index (χ2v) is 22.6. The summed E-state index contributed by atoms with van der Waals surface area (Å²) in [6, 6.07) is 24.9. The molecule has 5 heterocycles. The molecule has 3 saturated heterocycles. The molecule has 4 aromatic carbocycles. The van der Waals surface area contributed by atoms with Gasteiger partial charge in [0.05, 0.1) is 10.9 Å². The Bertz CT molecular complexity index is 3260. The summed E-state index contributed by atoms with van der Waals surface area (Å²) in [5.74, 6) is -1.12. The van der Waals surface area contributed by atoms with Gasteiger partial charge < -0.3 is 31.5 Å². The number of hydrogen-bond acceptors (Lipinski definition) is 10. The lowest BCUT2D eigenvalue weighted by Gasteiger charge is -2.38. The highest BCUT2D eigenvalue weighted by Crippen LogP contribution is 2.36. The number of nitrogens with one attached hydrogen (secondary N) is 4. The van der Waals surface area contributed by atoms with Crippen molar-refractivity contribution < 1.29 is 51.9 Å². The van der Waals surface area contributed by atoms with Crippen molar-refractivity contribution in [3.05, 3.63) is 141 Å². The molecule has 1 aromatic heterocycles. The number of hydrogen-bond donors (Lipinski definition) is 5. The van der Waals surface area contributed by atoms with Crippen molar-refractivity contribution in [2.45, 2.75) is 158 Å². The van der Waals surface area contributed by atoms with E-state index in [0.29, 0.717) is 66.2 Å². The van der Waals surface area contributed by atoms with Gasteiger partial charge in [0.15, 0.2) is 5.78 Å². The van der Waals surface area contributed by atoms with Crippen LogP contribution >= 0.6 is 11.3 Å². The van der Waals surface area contributed by atoms with Crippen molar-refractivity contribution in [2.24, 2.45) is 5.73 Å². The standard InChI is InChI=1S/C62H65F2N7O9S/c1-62(63,64)41-22-29-52-40(32-41)33-53(81-52)59(78)68-48-25-23-42(66-55(74)21-12-4-2-3-7-18-39-19-13-20-44-46(39)36-70(60(44)79)49-28-31-56(75)69-57(49)76)34-43-24-27-50(71(43)61(48)80)58(77)67-47(26-30-54(65)73)51(72)35-45(37-14-8-5-9-15-37)38-16-10-6-11-17-38/h5-6,8-11,13-17,19-20,22,29,32-33,42-43,45,47-50H,2-4,12,21,23-28,30-31,34-36H2,1H3,(H2,65,73)(H,66,74)(H,67,77)(H,68,78)(H,69,75,76)/t42-,43-,47+,48+,49?,50+/m1/s1. The monoisotopic (exact) mass is 1120 g/mol. The predicted octanol–water partition coefficient (Wildman–Crippen LogP) is 7.44. The Labute approximate surface area is 472 Å². The van der Waals surface area contributed by atoms with Crippen molar-refractivity contribution in [1.29, 1.82) is 0 Å². The van der Waals surface area contributed by atoms with E-state index in [2.05, 4.69) is 33.1 Å². The van der Waals surface area contributed by atoms with E-state index in [1.165, 1.54) is 34.1 Å². The number of ketones is 1. The number of Topliss-reactive ketones (excluding diaryl/α,β-unsaturated/α-hetero) is 1. The fourth-order valence-corrected chi connectivity index (χ4v) is 12.5. The third-order valence-electron chi connectivity index (χ3n) is 15.8. The SMILES string of the molecule is CC(F)(F)c1ccc2sc(C(=O)N[C@H]3CC[C@@H](NC(=O)CCCCCC#Cc4cccc5c4CN(C4CCC(=O)NC4=O)C5=O)C[C@H]4CC[C@@H](C(=O)N[C@@H](CCC(N)=O)C(=O)CC(c5ccccc5)c5ccccc5)N4C3=O)cc2c1. The lowest BCUT2D eigenvalue weighted by atomic mass is 9.85. The number of alkyl halides is 2. The molecule has 1 unspecified atom stereocenters. The van der Waals surface area contributed by atoms with Gasteiger partial charge in [0.1, 0.15) is 18.1 Å². The molecule has 19 heteroatoms. The minimum atomic E-state index is -3.11. The summed E-state index contributed by atoms with van der Waals surface area (Å²) in [5.41, 5.74) is 9.06. The first-order chi connectivity index (χ1) is 38.9. The number of thiophene rings is 1. The Balaban J connectivity index is 0.861. The maximum absolute atomic E-state index is 14.9. The van der Waals surface area contributed by atoms with E-state index in [1.54, 1.807) is 12.1 Å². The van der Waals surface area contributed by atoms with Gasteiger partial charge in [-0.25, -0.2) is 8.78 Å². The normalized spacial score (nSPS) is 20.3. The fraction of sp³-hybridized carbons (Fsp3) is 0.403. The molecule has 4 aliphatic heterocycles. The summed E-state index contributed by atoms with van der Waals surface area (Å²) < 4.78 is 29.1. The van der Waals surface area contributed by atoms with E-state index in [0.717, 1.165) is 35.0 Å². The van der Waals surface area contributed by atoms with E-state index in [-0.39, 0.29) is 97.8 Å². The fourth-order valence-electron chi connectivity index (χ4n) is 11.6. The minimum absolute atomic E-state index is 0.00693. The number of piperidine rings is 1. The topological polar surface area (TPSA) is 234 Å². The van der Waals surface area contributed by atoms with E-state index in [1.807, 2.05) is 66.7 Å². The Morgan fingerprint density at radius 2 is 1.57 bits per heavy atom. The molecule has 6 N–H and O–H groups in total. The molecular formula is C62H65F2N7O9S. The van der Waals surface area contributed by atoms with Crippen LogP contribution in [0, 0.1) is 11.8 Å². The number of primary amides is 1. The Morgan fingerprint density at radius 1 is 0.827 bits per heavy atom. The number of nitrogens with two attached hydrogens (primary N) is 1. The smallest absolute Gasteiger partial charge is 0.270 e. The number of carbonyl (C=O) groups is 9. The molecule has 3 fully saturated rings. The summed E-state index contributed by atoms with van der Waals surface area (Å²) in [5, 5.41) is 11.7. The molecule has 16 nitrogen and oxygen atoms in total. The molecular weight excluding hydrogens is 1060 g/mol. The van der Waals surface area contributed by atoms with E-state index in [4.69, 9.17) is 5.73 Å². The van der Waals surface area contributed by atoms with Gasteiger partial charge >= 0.3 is 0 Å². The number of fused-ring (bicyclic) bond motifs is 3. The lowest BCUT2D eigenvalue weighted by molar-refractivity contribution is -0.143. The summed E-state index contributed by atoms with van der Waals surface area (Å²) in [6.07, 6.45) is 4.17. The van der Waals surface area contributed by atoms with Gasteiger partial charge in [0.2, 0.25) is 35.4 Å². The number of rotatable bonds is 20. The molecule has 0 bridgehead atoms. The number of amides is 8. The highest BCUT2D eigenvalue weighted by atomic mass is 32.1. The number of halogens is 2. The van der Waals surface area contributed by atoms with Crippen LogP contribution in [0.15, 0.2) is 103 Å². The Kier molecular flexibility index (Phi) is 18.2. The maximum Gasteiger partial charge on any atom is 0.270 e. The Morgan fingerprint density at radius 3 is 2.27 bits per heavy atom. The summed E-state index contributed by atoms with van der Waals surface area (Å²) >= 11 is 1.09. The molecule has 6 atom stereocenters. The highest BCUT2D eigenvalue weighted by molar-refractivity contribution is 7.20. The van der Waals surface area contributed by atoms with Crippen LogP contribution < -0.4 is 27.0 Å². The molecule has 0 radical (unpaired) electrons. The van der Waals surface area contributed by atoms with Crippen molar-refractivity contribution in [1.82, 2.24) is 31.1 Å². The van der Waals surface area contributed by atoms with E-state index >= 15 is 0 Å². The van der Waals surface area contributed by atoms with Crippen LogP contribution in [0.3, 0.4) is 0 Å². The largest absolute Gasteiger partial charge is 0.370 e. The third-order valence-corrected chi connectivity index (χ3v) is 17.0. The van der Waals surface area contributed by atoms with Crippen molar-refractivity contribution in [3.8, 4) is 11.8 Å². The molecule has 8 amide bonds. The summed E-state index contributed by atoms with van der Waals surface area (Å²) in [6.45, 7) is 1.01. The lowest BCUT2D eigenvalue weighted by Crippen LogP contribution is -2.59. The predicted molar refractivity (Wildman–Crippen MR) is 299 cm³/mol. The third kappa shape index (κ3) is 13.9. The van der Waals surface area contributed by atoms with Gasteiger partial charge in [-0.3, -0.25) is 48.5 Å². The van der Waals surface area contributed by atoms with Gasteiger partial charge in [-0.05, 0) is 110 Å². The molecule has 422 valence electrons. The van der Waals surface area contributed by atoms with Gasteiger partial charge in [-0.2, -0.15) is 0 Å². The first-order valence-electron chi connectivity index (χ1n) is 27.7.